The summed E-state index contributed by atoms with van der Waals surface area (Å²) in [4.78, 5) is 4.20. The van der Waals surface area contributed by atoms with Crippen molar-refractivity contribution >= 4 is 5.52 Å². The molecule has 0 atom stereocenters. The van der Waals surface area contributed by atoms with Gasteiger partial charge in [0, 0.05) is 6.20 Å². The van der Waals surface area contributed by atoms with Crippen LogP contribution in [-0.2, 0) is 0 Å². The molecule has 2 rings (SSSR count). The first-order valence-electron chi connectivity index (χ1n) is 4.18. The Morgan fingerprint density at radius 2 is 2.00 bits per heavy atom. The topological polar surface area (TPSA) is 17.3 Å². The molecule has 0 aliphatic rings. The van der Waals surface area contributed by atoms with Gasteiger partial charge in [-0.05, 0) is 31.5 Å². The number of pyridine rings is 1. The molecule has 0 unspecified atom stereocenters. The summed E-state index contributed by atoms with van der Waals surface area (Å²) in [5.74, 6) is 1.04. The lowest BCUT2D eigenvalue weighted by Gasteiger charge is -1.95. The van der Waals surface area contributed by atoms with E-state index in [1.807, 2.05) is 19.3 Å². The minimum absolute atomic E-state index is 1.04. The fraction of sp³-hybridized carbons (Fsp3) is 0.182. The molecule has 0 aliphatic carbocycles. The first-order chi connectivity index (χ1) is 6.27. The Kier molecular flexibility index (Phi) is 2.85. The average molecular weight is 174 g/mol. The zero-order valence-electron chi connectivity index (χ0n) is 8.12. The van der Waals surface area contributed by atoms with E-state index in [0.717, 1.165) is 5.82 Å². The zero-order chi connectivity index (χ0) is 9.84. The van der Waals surface area contributed by atoms with Crippen molar-refractivity contribution in [2.24, 2.45) is 0 Å². The van der Waals surface area contributed by atoms with E-state index in [9.17, 15) is 0 Å². The number of fused-ring (bicyclic) bond motifs is 1. The molecule has 68 valence electrons. The Balaban J connectivity index is 0.000000396. The maximum Gasteiger partial charge on any atom is 0.110 e. The largest absolute Gasteiger partial charge is 0.304 e. The van der Waals surface area contributed by atoms with E-state index in [0.29, 0.717) is 0 Å². The van der Waals surface area contributed by atoms with Crippen LogP contribution in [0.4, 0.5) is 0 Å². The van der Waals surface area contributed by atoms with Gasteiger partial charge < -0.3 is 4.40 Å². The lowest BCUT2D eigenvalue weighted by molar-refractivity contribution is 1.04. The molecular formula is C11H14N2. The Morgan fingerprint density at radius 1 is 1.31 bits per heavy atom. The van der Waals surface area contributed by atoms with E-state index < -0.39 is 0 Å². The van der Waals surface area contributed by atoms with Crippen LogP contribution in [0.2, 0.25) is 0 Å². The van der Waals surface area contributed by atoms with Crippen LogP contribution in [-0.4, -0.2) is 9.38 Å². The van der Waals surface area contributed by atoms with Gasteiger partial charge in [-0.3, -0.25) is 0 Å². The smallest absolute Gasteiger partial charge is 0.110 e. The van der Waals surface area contributed by atoms with Crippen molar-refractivity contribution in [3.63, 3.8) is 0 Å². The van der Waals surface area contributed by atoms with E-state index in [1.54, 1.807) is 0 Å². The highest BCUT2D eigenvalue weighted by atomic mass is 15.0. The number of hydrogen-bond acceptors (Lipinski definition) is 1. The normalized spacial score (nSPS) is 9.38. The molecule has 2 aromatic heterocycles. The maximum absolute atomic E-state index is 4.20. The van der Waals surface area contributed by atoms with Crippen LogP contribution in [0.1, 0.15) is 11.4 Å². The number of aromatic nitrogens is 2. The summed E-state index contributed by atoms with van der Waals surface area (Å²) < 4.78 is 2.08. The molecule has 2 heteroatoms. The van der Waals surface area contributed by atoms with Crippen molar-refractivity contribution in [2.75, 3.05) is 0 Å². The van der Waals surface area contributed by atoms with E-state index in [-0.39, 0.29) is 0 Å². The van der Waals surface area contributed by atoms with Gasteiger partial charge in [-0.15, -0.1) is 13.2 Å². The predicted octanol–water partition coefficient (Wildman–Crippen LogP) is 2.75. The quantitative estimate of drug-likeness (QED) is 0.561. The van der Waals surface area contributed by atoms with Crippen molar-refractivity contribution in [1.82, 2.24) is 9.38 Å². The van der Waals surface area contributed by atoms with Crippen LogP contribution in [0.15, 0.2) is 37.7 Å². The monoisotopic (exact) mass is 174 g/mol. The molecule has 2 nitrogen and oxygen atoms in total. The predicted molar refractivity (Wildman–Crippen MR) is 55.9 cm³/mol. The highest BCUT2D eigenvalue weighted by molar-refractivity contribution is 5.47. The van der Waals surface area contributed by atoms with Crippen LogP contribution in [0, 0.1) is 13.8 Å². The van der Waals surface area contributed by atoms with Crippen LogP contribution >= 0.6 is 0 Å². The summed E-state index contributed by atoms with van der Waals surface area (Å²) in [5, 5.41) is 0. The summed E-state index contributed by atoms with van der Waals surface area (Å²) >= 11 is 0. The van der Waals surface area contributed by atoms with Gasteiger partial charge in [-0.1, -0.05) is 0 Å². The molecule has 0 saturated carbocycles. The number of aryl methyl sites for hydroxylation is 2. The number of imidazole rings is 1. The van der Waals surface area contributed by atoms with Gasteiger partial charge in [-0.2, -0.15) is 0 Å². The van der Waals surface area contributed by atoms with Gasteiger partial charge in [0.25, 0.3) is 0 Å². The van der Waals surface area contributed by atoms with Crippen LogP contribution in [0.5, 0.6) is 0 Å². The highest BCUT2D eigenvalue weighted by Gasteiger charge is 1.95. The van der Waals surface area contributed by atoms with Gasteiger partial charge >= 0.3 is 0 Å². The molecule has 2 heterocycles. The van der Waals surface area contributed by atoms with Crippen molar-refractivity contribution in [2.45, 2.75) is 13.8 Å². The molecule has 0 aliphatic heterocycles. The molecule has 0 radical (unpaired) electrons. The Bertz CT molecular complexity index is 401. The zero-order valence-corrected chi connectivity index (χ0v) is 8.12. The number of nitrogens with zero attached hydrogens (tertiary/aromatic N) is 2. The van der Waals surface area contributed by atoms with E-state index >= 15 is 0 Å². The molecule has 0 aromatic carbocycles. The fourth-order valence-corrected chi connectivity index (χ4v) is 1.25. The van der Waals surface area contributed by atoms with Crippen LogP contribution < -0.4 is 0 Å². The van der Waals surface area contributed by atoms with Crippen LogP contribution in [0.25, 0.3) is 5.52 Å². The first-order valence-corrected chi connectivity index (χ1v) is 4.18. The van der Waals surface area contributed by atoms with Gasteiger partial charge in [0.05, 0.1) is 11.7 Å². The highest BCUT2D eigenvalue weighted by Crippen LogP contribution is 2.07. The molecule has 2 aromatic rings. The molecular weight excluding hydrogens is 160 g/mol. The summed E-state index contributed by atoms with van der Waals surface area (Å²) in [6.07, 6.45) is 3.94. The SMILES string of the molecule is C=C.Cc1ccn2c(C)ncc2c1. The molecule has 13 heavy (non-hydrogen) atoms. The third-order valence-electron chi connectivity index (χ3n) is 1.87. The maximum atomic E-state index is 4.20. The second-order valence-corrected chi connectivity index (χ2v) is 2.80. The second kappa shape index (κ2) is 3.90. The second-order valence-electron chi connectivity index (χ2n) is 2.80. The summed E-state index contributed by atoms with van der Waals surface area (Å²) in [6.45, 7) is 10.1. The molecule has 0 amide bonds. The molecule has 0 fully saturated rings. The molecule has 0 saturated heterocycles. The molecule has 0 bridgehead atoms. The Labute approximate surface area is 78.5 Å². The summed E-state index contributed by atoms with van der Waals surface area (Å²) in [6, 6.07) is 4.21. The number of rotatable bonds is 0. The number of hydrogen-bond donors (Lipinski definition) is 0. The summed E-state index contributed by atoms with van der Waals surface area (Å²) in [7, 11) is 0. The lowest BCUT2D eigenvalue weighted by atomic mass is 10.3. The van der Waals surface area contributed by atoms with Crippen molar-refractivity contribution in [1.29, 1.82) is 0 Å². The third kappa shape index (κ3) is 1.78. The van der Waals surface area contributed by atoms with Gasteiger partial charge in [0.1, 0.15) is 5.82 Å². The fourth-order valence-electron chi connectivity index (χ4n) is 1.25. The third-order valence-corrected chi connectivity index (χ3v) is 1.87. The molecule has 0 spiro atoms. The Morgan fingerprint density at radius 3 is 2.69 bits per heavy atom. The van der Waals surface area contributed by atoms with Gasteiger partial charge in [0.15, 0.2) is 0 Å². The minimum Gasteiger partial charge on any atom is -0.304 e. The van der Waals surface area contributed by atoms with Crippen molar-refractivity contribution in [3.05, 3.63) is 49.1 Å². The first kappa shape index (κ1) is 9.52. The van der Waals surface area contributed by atoms with Gasteiger partial charge in [0.2, 0.25) is 0 Å². The standard InChI is InChI=1S/C9H10N2.C2H4/c1-7-3-4-11-8(2)10-6-9(11)5-7;1-2/h3-6H,1-2H3;1-2H2. The lowest BCUT2D eigenvalue weighted by Crippen LogP contribution is -1.86. The summed E-state index contributed by atoms with van der Waals surface area (Å²) in [5.41, 5.74) is 2.44. The van der Waals surface area contributed by atoms with E-state index in [2.05, 4.69) is 41.6 Å². The van der Waals surface area contributed by atoms with Crippen molar-refractivity contribution < 1.29 is 0 Å². The van der Waals surface area contributed by atoms with Crippen LogP contribution in [0.3, 0.4) is 0 Å². The Hall–Kier alpha value is -1.57. The van der Waals surface area contributed by atoms with E-state index in [1.165, 1.54) is 11.1 Å². The van der Waals surface area contributed by atoms with Crippen molar-refractivity contribution in [3.8, 4) is 0 Å². The van der Waals surface area contributed by atoms with Gasteiger partial charge in [-0.25, -0.2) is 4.98 Å². The van der Waals surface area contributed by atoms with E-state index in [4.69, 9.17) is 0 Å². The molecule has 0 N–H and O–H groups in total. The minimum atomic E-state index is 1.04. The average Bonchev–Trinajstić information content (AvgIpc) is 2.51.